The Morgan fingerprint density at radius 2 is 1.86 bits per heavy atom. The highest BCUT2D eigenvalue weighted by molar-refractivity contribution is 5.82. The van der Waals surface area contributed by atoms with Gasteiger partial charge in [0, 0.05) is 24.9 Å². The number of amides is 1. The maximum atomic E-state index is 12.4. The Kier molecular flexibility index (Phi) is 4.16. The van der Waals surface area contributed by atoms with Crippen LogP contribution in [-0.4, -0.2) is 15.5 Å². The molecule has 1 unspecified atom stereocenters. The van der Waals surface area contributed by atoms with Crippen LogP contribution in [0.3, 0.4) is 0 Å². The number of hydrogen-bond acceptors (Lipinski definition) is 2. The fraction of sp³-hybridized carbons (Fsp3) is 0.412. The zero-order valence-corrected chi connectivity index (χ0v) is 13.3. The summed E-state index contributed by atoms with van der Waals surface area (Å²) in [5, 5.41) is 3.11. The molecule has 1 heterocycles. The molecular formula is C17H23N3O. The summed E-state index contributed by atoms with van der Waals surface area (Å²) in [6, 6.07) is 7.94. The van der Waals surface area contributed by atoms with Crippen LogP contribution in [0.15, 0.2) is 36.7 Å². The molecule has 0 aliphatic rings. The lowest BCUT2D eigenvalue weighted by atomic mass is 9.94. The number of rotatable bonds is 3. The summed E-state index contributed by atoms with van der Waals surface area (Å²) < 4.78 is 1.94. The molecule has 0 bridgehead atoms. The van der Waals surface area contributed by atoms with Gasteiger partial charge in [-0.3, -0.25) is 4.79 Å². The largest absolute Gasteiger partial charge is 0.342 e. The van der Waals surface area contributed by atoms with Gasteiger partial charge in [0.1, 0.15) is 11.9 Å². The van der Waals surface area contributed by atoms with Crippen molar-refractivity contribution in [2.24, 2.45) is 12.5 Å². The van der Waals surface area contributed by atoms with Crippen LogP contribution in [0.25, 0.3) is 0 Å². The lowest BCUT2D eigenvalue weighted by molar-refractivity contribution is -0.129. The van der Waals surface area contributed by atoms with Gasteiger partial charge in [0.2, 0.25) is 5.91 Å². The van der Waals surface area contributed by atoms with E-state index in [-0.39, 0.29) is 11.9 Å². The standard InChI is InChI=1S/C17H23N3O/c1-12-6-8-13(9-7-12)14(15-18-10-11-20(15)5)19-16(21)17(2,3)4/h6-11,14H,1-5H3,(H,19,21). The van der Waals surface area contributed by atoms with Crippen LogP contribution < -0.4 is 5.32 Å². The SMILES string of the molecule is Cc1ccc(C(NC(=O)C(C)(C)C)c2nccn2C)cc1. The monoisotopic (exact) mass is 285 g/mol. The number of hydrogen-bond donors (Lipinski definition) is 1. The first-order chi connectivity index (χ1) is 9.79. The molecule has 2 rings (SSSR count). The Morgan fingerprint density at radius 3 is 2.33 bits per heavy atom. The molecule has 0 aliphatic heterocycles. The minimum atomic E-state index is -0.436. The molecule has 2 aromatic rings. The molecule has 1 aromatic carbocycles. The normalized spacial score (nSPS) is 13.0. The van der Waals surface area contributed by atoms with Crippen molar-refractivity contribution in [1.29, 1.82) is 0 Å². The summed E-state index contributed by atoms with van der Waals surface area (Å²) in [5.74, 6) is 0.840. The highest BCUT2D eigenvalue weighted by Crippen LogP contribution is 2.23. The highest BCUT2D eigenvalue weighted by Gasteiger charge is 2.27. The summed E-state index contributed by atoms with van der Waals surface area (Å²) in [6.07, 6.45) is 3.64. The van der Waals surface area contributed by atoms with Crippen LogP contribution >= 0.6 is 0 Å². The van der Waals surface area contributed by atoms with Crippen LogP contribution in [0.2, 0.25) is 0 Å². The number of aromatic nitrogens is 2. The van der Waals surface area contributed by atoms with Crippen molar-refractivity contribution in [3.05, 3.63) is 53.6 Å². The van der Waals surface area contributed by atoms with Crippen LogP contribution in [0.1, 0.15) is 43.8 Å². The molecule has 0 spiro atoms. The third-order valence-corrected chi connectivity index (χ3v) is 3.48. The second-order valence-corrected chi connectivity index (χ2v) is 6.46. The van der Waals surface area contributed by atoms with E-state index in [1.165, 1.54) is 5.56 Å². The van der Waals surface area contributed by atoms with Gasteiger partial charge in [-0.2, -0.15) is 0 Å². The minimum Gasteiger partial charge on any atom is -0.342 e. The molecule has 4 nitrogen and oxygen atoms in total. The van der Waals surface area contributed by atoms with Gasteiger partial charge in [-0.1, -0.05) is 50.6 Å². The summed E-state index contributed by atoms with van der Waals surface area (Å²) >= 11 is 0. The van der Waals surface area contributed by atoms with E-state index in [0.29, 0.717) is 0 Å². The Labute approximate surface area is 126 Å². The topological polar surface area (TPSA) is 46.9 Å². The van der Waals surface area contributed by atoms with E-state index in [1.54, 1.807) is 6.20 Å². The fourth-order valence-electron chi connectivity index (χ4n) is 2.06. The van der Waals surface area contributed by atoms with Gasteiger partial charge in [-0.25, -0.2) is 4.98 Å². The third-order valence-electron chi connectivity index (χ3n) is 3.48. The lowest BCUT2D eigenvalue weighted by Gasteiger charge is -2.24. The molecule has 1 aromatic heterocycles. The lowest BCUT2D eigenvalue weighted by Crippen LogP contribution is -2.38. The summed E-state index contributed by atoms with van der Waals surface area (Å²) in [7, 11) is 1.94. The first-order valence-corrected chi connectivity index (χ1v) is 7.14. The molecule has 0 fully saturated rings. The van der Waals surface area contributed by atoms with Gasteiger partial charge >= 0.3 is 0 Å². The number of carbonyl (C=O) groups is 1. The van der Waals surface area contributed by atoms with Crippen molar-refractivity contribution in [1.82, 2.24) is 14.9 Å². The van der Waals surface area contributed by atoms with Crippen molar-refractivity contribution in [2.75, 3.05) is 0 Å². The molecule has 112 valence electrons. The Bertz CT molecular complexity index is 620. The van der Waals surface area contributed by atoms with Crippen molar-refractivity contribution < 1.29 is 4.79 Å². The zero-order chi connectivity index (χ0) is 15.6. The van der Waals surface area contributed by atoms with Gasteiger partial charge in [0.15, 0.2) is 0 Å². The first kappa shape index (κ1) is 15.3. The van der Waals surface area contributed by atoms with Gasteiger partial charge in [0.05, 0.1) is 0 Å². The van der Waals surface area contributed by atoms with Crippen LogP contribution in [0, 0.1) is 12.3 Å². The van der Waals surface area contributed by atoms with Crippen LogP contribution in [0.4, 0.5) is 0 Å². The van der Waals surface area contributed by atoms with E-state index >= 15 is 0 Å². The predicted octanol–water partition coefficient (Wildman–Crippen LogP) is 2.98. The quantitative estimate of drug-likeness (QED) is 0.942. The molecule has 0 aliphatic carbocycles. The Hall–Kier alpha value is -2.10. The van der Waals surface area contributed by atoms with E-state index in [1.807, 2.05) is 57.6 Å². The maximum absolute atomic E-state index is 12.4. The molecule has 0 radical (unpaired) electrons. The van der Waals surface area contributed by atoms with Crippen molar-refractivity contribution in [2.45, 2.75) is 33.7 Å². The Morgan fingerprint density at radius 1 is 1.24 bits per heavy atom. The summed E-state index contributed by atoms with van der Waals surface area (Å²) in [5.41, 5.74) is 1.79. The second kappa shape index (κ2) is 5.72. The van der Waals surface area contributed by atoms with E-state index in [2.05, 4.69) is 22.4 Å². The smallest absolute Gasteiger partial charge is 0.226 e. The number of imidazole rings is 1. The molecule has 21 heavy (non-hydrogen) atoms. The molecule has 0 saturated heterocycles. The minimum absolute atomic E-state index is 0.0103. The van der Waals surface area contributed by atoms with Crippen LogP contribution in [-0.2, 0) is 11.8 Å². The van der Waals surface area contributed by atoms with Crippen molar-refractivity contribution in [3.8, 4) is 0 Å². The molecule has 1 atom stereocenters. The highest BCUT2D eigenvalue weighted by atomic mass is 16.2. The van der Waals surface area contributed by atoms with E-state index < -0.39 is 5.41 Å². The van der Waals surface area contributed by atoms with E-state index in [0.717, 1.165) is 11.4 Å². The predicted molar refractivity (Wildman–Crippen MR) is 83.8 cm³/mol. The molecule has 1 N–H and O–H groups in total. The molecule has 4 heteroatoms. The van der Waals surface area contributed by atoms with E-state index in [4.69, 9.17) is 0 Å². The molecule has 1 amide bonds. The van der Waals surface area contributed by atoms with Crippen molar-refractivity contribution in [3.63, 3.8) is 0 Å². The summed E-state index contributed by atoms with van der Waals surface area (Å²) in [6.45, 7) is 7.78. The van der Waals surface area contributed by atoms with E-state index in [9.17, 15) is 4.79 Å². The molecular weight excluding hydrogens is 262 g/mol. The fourth-order valence-corrected chi connectivity index (χ4v) is 2.06. The van der Waals surface area contributed by atoms with Gasteiger partial charge in [-0.15, -0.1) is 0 Å². The average Bonchev–Trinajstić information content (AvgIpc) is 2.82. The number of nitrogens with one attached hydrogen (secondary N) is 1. The first-order valence-electron chi connectivity index (χ1n) is 7.14. The zero-order valence-electron chi connectivity index (χ0n) is 13.3. The summed E-state index contributed by atoms with van der Waals surface area (Å²) in [4.78, 5) is 16.8. The number of carbonyl (C=O) groups excluding carboxylic acids is 1. The third kappa shape index (κ3) is 3.51. The van der Waals surface area contributed by atoms with Gasteiger partial charge in [0.25, 0.3) is 0 Å². The number of aryl methyl sites for hydroxylation is 2. The van der Waals surface area contributed by atoms with Gasteiger partial charge < -0.3 is 9.88 Å². The van der Waals surface area contributed by atoms with Crippen LogP contribution in [0.5, 0.6) is 0 Å². The number of nitrogens with zero attached hydrogens (tertiary/aromatic N) is 2. The molecule has 0 saturated carbocycles. The number of benzene rings is 1. The Balaban J connectivity index is 2.38. The maximum Gasteiger partial charge on any atom is 0.226 e. The average molecular weight is 285 g/mol. The van der Waals surface area contributed by atoms with Gasteiger partial charge in [-0.05, 0) is 12.5 Å². The van der Waals surface area contributed by atoms with Crippen molar-refractivity contribution >= 4 is 5.91 Å². The second-order valence-electron chi connectivity index (χ2n) is 6.46.